The van der Waals surface area contributed by atoms with Crippen LogP contribution >= 0.6 is 0 Å². The number of nitrogens with zero attached hydrogens (tertiary/aromatic N) is 4. The Morgan fingerprint density at radius 1 is 0.243 bits per heavy atom. The molecule has 103 heavy (non-hydrogen) atoms. The largest absolute Gasteiger partial charge is 0.454 e. The fraction of sp³-hybridized carbons (Fsp3) is 0.0515. The molecule has 2 heterocycles. The molecule has 0 saturated carbocycles. The topological polar surface area (TPSA) is 39.2 Å². The number of benzene rings is 17. The molecule has 0 unspecified atom stereocenters. The van der Waals surface area contributed by atoms with Gasteiger partial charge in [0.05, 0.1) is 28.4 Å². The molecule has 0 atom stereocenters. The second-order valence-corrected chi connectivity index (χ2v) is 28.0. The highest BCUT2D eigenvalue weighted by Gasteiger charge is 2.39. The van der Waals surface area contributed by atoms with Crippen LogP contribution in [0, 0.1) is 13.8 Å². The summed E-state index contributed by atoms with van der Waals surface area (Å²) in [5.74, 6) is 0. The van der Waals surface area contributed by atoms with E-state index in [2.05, 4.69) is 387 Å². The maximum atomic E-state index is 7.26. The molecule has 20 rings (SSSR count). The monoisotopic (exact) mass is 1320 g/mol. The average Bonchev–Trinajstić information content (AvgIpc) is 1.66. The van der Waals surface area contributed by atoms with Gasteiger partial charge in [0.25, 0.3) is 0 Å². The Morgan fingerprint density at radius 3 is 1.21 bits per heavy atom. The van der Waals surface area contributed by atoms with Crippen LogP contribution in [-0.2, 0) is 5.41 Å². The molecule has 6 heteroatoms. The van der Waals surface area contributed by atoms with Gasteiger partial charge >= 0.3 is 0 Å². The molecule has 19 aromatic rings. The Bertz CT molecular complexity index is 6500. The van der Waals surface area contributed by atoms with Crippen LogP contribution in [0.3, 0.4) is 0 Å². The van der Waals surface area contributed by atoms with Gasteiger partial charge in [0, 0.05) is 82.9 Å². The van der Waals surface area contributed by atoms with Gasteiger partial charge in [-0.3, -0.25) is 0 Å². The van der Waals surface area contributed by atoms with Crippen LogP contribution in [0.25, 0.3) is 109 Å². The Labute approximate surface area is 597 Å². The first-order chi connectivity index (χ1) is 50.7. The molecule has 1 aliphatic carbocycles. The summed E-state index contributed by atoms with van der Waals surface area (Å²) < 4.78 is 14.2. The first-order valence-electron chi connectivity index (χ1n) is 35.5. The number of hydrogen-bond donors (Lipinski definition) is 0. The van der Waals surface area contributed by atoms with Gasteiger partial charge in [-0.05, 0) is 213 Å². The van der Waals surface area contributed by atoms with E-state index in [0.717, 1.165) is 145 Å². The highest BCUT2D eigenvalue weighted by molar-refractivity contribution is 6.29. The normalized spacial score (nSPS) is 12.5. The van der Waals surface area contributed by atoms with Gasteiger partial charge in [0.1, 0.15) is 11.2 Å². The number of hydrogen-bond acceptors (Lipinski definition) is 6. The van der Waals surface area contributed by atoms with E-state index < -0.39 is 0 Å². The van der Waals surface area contributed by atoms with Crippen molar-refractivity contribution in [3.63, 3.8) is 0 Å². The van der Waals surface area contributed by atoms with Gasteiger partial charge < -0.3 is 28.4 Å². The van der Waals surface area contributed by atoms with Gasteiger partial charge in [0.15, 0.2) is 11.2 Å². The van der Waals surface area contributed by atoms with E-state index in [9.17, 15) is 0 Å². The van der Waals surface area contributed by atoms with Crippen LogP contribution in [0.2, 0.25) is 0 Å². The van der Waals surface area contributed by atoms with Crippen LogP contribution in [0.15, 0.2) is 349 Å². The lowest BCUT2D eigenvalue weighted by atomic mass is 9.81. The zero-order chi connectivity index (χ0) is 68.6. The van der Waals surface area contributed by atoms with E-state index in [1.54, 1.807) is 0 Å². The fourth-order valence-electron chi connectivity index (χ4n) is 16.9. The Hall–Kier alpha value is -13.2. The summed E-state index contributed by atoms with van der Waals surface area (Å²) in [4.78, 5) is 9.60. The summed E-state index contributed by atoms with van der Waals surface area (Å²) in [6.45, 7) is 9.10. The lowest BCUT2D eigenvalue weighted by Crippen LogP contribution is -2.18. The molecule has 0 amide bonds. The molecule has 0 saturated heterocycles. The third-order valence-electron chi connectivity index (χ3n) is 21.7. The van der Waals surface area contributed by atoms with Gasteiger partial charge in [-0.25, -0.2) is 0 Å². The minimum atomic E-state index is -0.324. The smallest absolute Gasteiger partial charge is 0.159 e. The molecule has 2 aromatic heterocycles. The summed E-state index contributed by atoms with van der Waals surface area (Å²) in [5, 5.41) is 13.9. The van der Waals surface area contributed by atoms with Crippen LogP contribution in [0.5, 0.6) is 0 Å². The molecule has 1 aliphatic rings. The van der Waals surface area contributed by atoms with Crippen molar-refractivity contribution in [2.45, 2.75) is 33.1 Å². The number of anilines is 12. The molecule has 0 fully saturated rings. The van der Waals surface area contributed by atoms with Crippen LogP contribution in [-0.4, -0.2) is 0 Å². The van der Waals surface area contributed by atoms with Gasteiger partial charge in [-0.2, -0.15) is 0 Å². The average molecular weight is 1320 g/mol. The standard InChI is InChI=1S/C97H68N4O2/c1-61-25-22-38-76-77-39-23-41-87(95(77)102-93(61)76)100(70-32-16-8-17-33-70)85-55-47-64-46-53-81-86(56-48-65-45-52-80(85)90(64)91(65)81)101(71-34-18-9-19-35-71)88-42-24-40-78-82-58-66(57-62(2)94(82)103-96(78)88)63-43-49-72(50-44-63)98(67-26-10-5-11-27-67)73-51-54-79-83(59-73)97(3,4)84-60-89(74-36-20-21-37-75(74)92(79)84)99(68-28-12-6-13-29-68)69-30-14-7-15-31-69/h5-60H,1-4H3. The molecule has 0 N–H and O–H groups in total. The number of fused-ring (bicyclic) bond motifs is 11. The number of furan rings is 2. The van der Waals surface area contributed by atoms with Crippen molar-refractivity contribution in [3.8, 4) is 22.3 Å². The summed E-state index contributed by atoms with van der Waals surface area (Å²) in [5.41, 5.74) is 25.6. The minimum Gasteiger partial charge on any atom is -0.454 e. The lowest BCUT2D eigenvalue weighted by Gasteiger charge is -2.30. The summed E-state index contributed by atoms with van der Waals surface area (Å²) >= 11 is 0. The summed E-state index contributed by atoms with van der Waals surface area (Å²) in [6, 6.07) is 124. The zero-order valence-corrected chi connectivity index (χ0v) is 57.4. The quantitative estimate of drug-likeness (QED) is 0.107. The third-order valence-corrected chi connectivity index (χ3v) is 21.7. The molecular weight excluding hydrogens is 1250 g/mol. The lowest BCUT2D eigenvalue weighted by molar-refractivity contribution is 0.661. The molecule has 0 radical (unpaired) electrons. The van der Waals surface area contributed by atoms with Crippen LogP contribution in [0.4, 0.5) is 68.2 Å². The molecule has 488 valence electrons. The van der Waals surface area contributed by atoms with Gasteiger partial charge in [0.2, 0.25) is 0 Å². The predicted octanol–water partition coefficient (Wildman–Crippen LogP) is 28.0. The molecule has 0 aliphatic heterocycles. The highest BCUT2D eigenvalue weighted by atomic mass is 16.3. The van der Waals surface area contributed by atoms with Crippen molar-refractivity contribution in [3.05, 3.63) is 362 Å². The first-order valence-corrected chi connectivity index (χ1v) is 35.5. The first kappa shape index (κ1) is 59.9. The van der Waals surface area contributed by atoms with Gasteiger partial charge in [-0.15, -0.1) is 0 Å². The Kier molecular flexibility index (Phi) is 13.6. The van der Waals surface area contributed by atoms with E-state index in [4.69, 9.17) is 8.83 Å². The second-order valence-electron chi connectivity index (χ2n) is 28.0. The number of rotatable bonds is 13. The van der Waals surface area contributed by atoms with Crippen molar-refractivity contribution in [2.75, 3.05) is 19.6 Å². The third kappa shape index (κ3) is 9.41. The molecular formula is C97H68N4O2. The van der Waals surface area contributed by atoms with Crippen LogP contribution < -0.4 is 19.6 Å². The van der Waals surface area contributed by atoms with E-state index in [-0.39, 0.29) is 5.41 Å². The molecule has 0 spiro atoms. The maximum absolute atomic E-state index is 7.26. The SMILES string of the molecule is Cc1cccc2c1oc1c(N(c3ccccc3)c3ccc4ccc5c(N(c6ccccc6)c6cccc7c6oc6c(C)cc(-c8ccc(N(c9ccccc9)c9ccc%10c(c9)C(C)(C)c9cc(N(c%11ccccc%11)c%11ccccc%11)c%11ccccc%11c9-%10)cc8)cc67)ccc6ccc3c4c65)cccc12. The van der Waals surface area contributed by atoms with E-state index in [0.29, 0.717) is 0 Å². The van der Waals surface area contributed by atoms with E-state index in [1.165, 1.54) is 54.6 Å². The van der Waals surface area contributed by atoms with E-state index >= 15 is 0 Å². The zero-order valence-electron chi connectivity index (χ0n) is 57.4. The van der Waals surface area contributed by atoms with Crippen molar-refractivity contribution < 1.29 is 8.83 Å². The van der Waals surface area contributed by atoms with Crippen molar-refractivity contribution in [2.24, 2.45) is 0 Å². The van der Waals surface area contributed by atoms with Gasteiger partial charge in [-0.1, -0.05) is 226 Å². The maximum Gasteiger partial charge on any atom is 0.159 e. The predicted molar refractivity (Wildman–Crippen MR) is 433 cm³/mol. The summed E-state index contributed by atoms with van der Waals surface area (Å²) in [7, 11) is 0. The number of aryl methyl sites for hydroxylation is 2. The minimum absolute atomic E-state index is 0.324. The second kappa shape index (κ2) is 23.5. The Balaban J connectivity index is 0.676. The molecule has 6 nitrogen and oxygen atoms in total. The van der Waals surface area contributed by atoms with Crippen molar-refractivity contribution >= 4 is 155 Å². The van der Waals surface area contributed by atoms with Crippen LogP contribution in [0.1, 0.15) is 36.1 Å². The number of para-hydroxylation sites is 8. The van der Waals surface area contributed by atoms with E-state index in [1.807, 2.05) is 0 Å². The molecule has 17 aromatic carbocycles. The fourth-order valence-corrected chi connectivity index (χ4v) is 16.9. The Morgan fingerprint density at radius 2 is 0.670 bits per heavy atom. The summed E-state index contributed by atoms with van der Waals surface area (Å²) in [6.07, 6.45) is 0. The van der Waals surface area contributed by atoms with Crippen molar-refractivity contribution in [1.29, 1.82) is 0 Å². The highest BCUT2D eigenvalue weighted by Crippen LogP contribution is 2.57. The van der Waals surface area contributed by atoms with Crippen molar-refractivity contribution in [1.82, 2.24) is 0 Å². The molecule has 0 bridgehead atoms.